The second-order valence-electron chi connectivity index (χ2n) is 4.36. The first-order valence-electron chi connectivity index (χ1n) is 5.99. The predicted molar refractivity (Wildman–Crippen MR) is 79.4 cm³/mol. The molecule has 2 aromatic rings. The van der Waals surface area contributed by atoms with Crippen molar-refractivity contribution in [2.24, 2.45) is 0 Å². The van der Waals surface area contributed by atoms with Gasteiger partial charge in [0.05, 0.1) is 16.6 Å². The summed E-state index contributed by atoms with van der Waals surface area (Å²) in [6.07, 6.45) is 0. The molecule has 1 amide bonds. The highest BCUT2D eigenvalue weighted by molar-refractivity contribution is 6.34. The van der Waals surface area contributed by atoms with Gasteiger partial charge in [-0.05, 0) is 30.7 Å². The van der Waals surface area contributed by atoms with Crippen LogP contribution in [-0.4, -0.2) is 5.91 Å². The van der Waals surface area contributed by atoms with Gasteiger partial charge in [-0.1, -0.05) is 41.9 Å². The number of rotatable bonds is 3. The first-order chi connectivity index (χ1) is 9.08. The Hall–Kier alpha value is -2.00. The highest BCUT2D eigenvalue weighted by atomic mass is 35.5. The van der Waals surface area contributed by atoms with Crippen molar-refractivity contribution in [1.29, 1.82) is 0 Å². The molecule has 0 radical (unpaired) electrons. The lowest BCUT2D eigenvalue weighted by molar-refractivity contribution is -0.117. The van der Waals surface area contributed by atoms with Crippen molar-refractivity contribution >= 4 is 28.9 Å². The van der Waals surface area contributed by atoms with E-state index in [0.717, 1.165) is 5.56 Å². The van der Waals surface area contributed by atoms with Crippen molar-refractivity contribution in [1.82, 2.24) is 0 Å². The van der Waals surface area contributed by atoms with Crippen LogP contribution in [0.5, 0.6) is 0 Å². The molecule has 0 fully saturated rings. The quantitative estimate of drug-likeness (QED) is 0.839. The molecule has 0 aromatic heterocycles. The van der Waals surface area contributed by atoms with Crippen molar-refractivity contribution in [3.63, 3.8) is 0 Å². The van der Waals surface area contributed by atoms with Crippen LogP contribution in [0.2, 0.25) is 5.02 Å². The summed E-state index contributed by atoms with van der Waals surface area (Å²) in [6.45, 7) is 1.86. The number of nitrogens with one attached hydrogen (secondary N) is 1. The van der Waals surface area contributed by atoms with Crippen LogP contribution in [0, 0.1) is 0 Å². The lowest BCUT2D eigenvalue weighted by atomic mass is 10.0. The van der Waals surface area contributed by atoms with E-state index in [1.807, 2.05) is 37.3 Å². The molecule has 1 atom stereocenters. The fraction of sp³-hybridized carbons (Fsp3) is 0.133. The fourth-order valence-electron chi connectivity index (χ4n) is 1.77. The summed E-state index contributed by atoms with van der Waals surface area (Å²) in [6, 6.07) is 14.6. The third-order valence-corrected chi connectivity index (χ3v) is 3.26. The second-order valence-corrected chi connectivity index (χ2v) is 4.77. The van der Waals surface area contributed by atoms with E-state index in [1.165, 1.54) is 0 Å². The maximum atomic E-state index is 12.1. The van der Waals surface area contributed by atoms with Gasteiger partial charge in [0.15, 0.2) is 0 Å². The van der Waals surface area contributed by atoms with Crippen molar-refractivity contribution < 1.29 is 4.79 Å². The van der Waals surface area contributed by atoms with Gasteiger partial charge in [-0.2, -0.15) is 0 Å². The fourth-order valence-corrected chi connectivity index (χ4v) is 2.00. The summed E-state index contributed by atoms with van der Waals surface area (Å²) in [5.41, 5.74) is 7.72. The van der Waals surface area contributed by atoms with Gasteiger partial charge in [-0.3, -0.25) is 4.79 Å². The van der Waals surface area contributed by atoms with Crippen LogP contribution in [0.3, 0.4) is 0 Å². The van der Waals surface area contributed by atoms with Crippen molar-refractivity contribution in [3.8, 4) is 0 Å². The monoisotopic (exact) mass is 274 g/mol. The maximum Gasteiger partial charge on any atom is 0.231 e. The van der Waals surface area contributed by atoms with Gasteiger partial charge in [0, 0.05) is 5.69 Å². The van der Waals surface area contributed by atoms with Crippen molar-refractivity contribution in [2.75, 3.05) is 11.1 Å². The van der Waals surface area contributed by atoms with Gasteiger partial charge >= 0.3 is 0 Å². The topological polar surface area (TPSA) is 55.1 Å². The van der Waals surface area contributed by atoms with Crippen molar-refractivity contribution in [2.45, 2.75) is 12.8 Å². The molecule has 0 saturated carbocycles. The minimum absolute atomic E-state index is 0.0992. The number of anilines is 2. The number of nitrogens with two attached hydrogens (primary N) is 1. The molecule has 0 aliphatic carbocycles. The number of benzene rings is 2. The van der Waals surface area contributed by atoms with Crippen LogP contribution in [0.15, 0.2) is 48.5 Å². The third-order valence-electron chi connectivity index (χ3n) is 2.94. The molecule has 2 rings (SSSR count). The average Bonchev–Trinajstić information content (AvgIpc) is 2.42. The van der Waals surface area contributed by atoms with E-state index in [0.29, 0.717) is 16.4 Å². The number of amides is 1. The zero-order chi connectivity index (χ0) is 13.8. The maximum absolute atomic E-state index is 12.1. The molecule has 3 nitrogen and oxygen atoms in total. The molecule has 1 unspecified atom stereocenters. The molecule has 0 aliphatic heterocycles. The van der Waals surface area contributed by atoms with Gasteiger partial charge in [0.1, 0.15) is 0 Å². The molecular weight excluding hydrogens is 260 g/mol. The minimum Gasteiger partial charge on any atom is -0.399 e. The summed E-state index contributed by atoms with van der Waals surface area (Å²) >= 11 is 6.03. The number of carbonyl (C=O) groups is 1. The summed E-state index contributed by atoms with van der Waals surface area (Å²) in [4.78, 5) is 12.1. The van der Waals surface area contributed by atoms with Crippen molar-refractivity contribution in [3.05, 3.63) is 59.1 Å². The van der Waals surface area contributed by atoms with Gasteiger partial charge in [-0.25, -0.2) is 0 Å². The molecule has 19 heavy (non-hydrogen) atoms. The molecule has 0 heterocycles. The molecule has 0 bridgehead atoms. The van der Waals surface area contributed by atoms with Gasteiger partial charge in [-0.15, -0.1) is 0 Å². The lowest BCUT2D eigenvalue weighted by Crippen LogP contribution is -2.19. The first-order valence-corrected chi connectivity index (χ1v) is 6.36. The Kier molecular flexibility index (Phi) is 4.07. The van der Waals surface area contributed by atoms with E-state index >= 15 is 0 Å². The summed E-state index contributed by atoms with van der Waals surface area (Å²) < 4.78 is 0. The van der Waals surface area contributed by atoms with E-state index in [4.69, 9.17) is 17.3 Å². The molecule has 4 heteroatoms. The normalized spacial score (nSPS) is 11.9. The zero-order valence-electron chi connectivity index (χ0n) is 10.6. The molecule has 0 aliphatic rings. The summed E-state index contributed by atoms with van der Waals surface area (Å²) in [7, 11) is 0. The number of nitrogen functional groups attached to an aromatic ring is 1. The smallest absolute Gasteiger partial charge is 0.231 e. The van der Waals surface area contributed by atoms with Crippen LogP contribution in [0.1, 0.15) is 18.4 Å². The third kappa shape index (κ3) is 3.26. The second kappa shape index (κ2) is 5.76. The number of carbonyl (C=O) groups excluding carboxylic acids is 1. The SMILES string of the molecule is CC(C(=O)Nc1ccc(N)cc1Cl)c1ccccc1. The van der Waals surface area contributed by atoms with Crippen LogP contribution >= 0.6 is 11.6 Å². The Morgan fingerprint density at radius 2 is 1.89 bits per heavy atom. The molecule has 0 saturated heterocycles. The molecule has 2 aromatic carbocycles. The highest BCUT2D eigenvalue weighted by Crippen LogP contribution is 2.25. The standard InChI is InChI=1S/C15H15ClN2O/c1-10(11-5-3-2-4-6-11)15(19)18-14-8-7-12(17)9-13(14)16/h2-10H,17H2,1H3,(H,18,19). The largest absolute Gasteiger partial charge is 0.399 e. The predicted octanol–water partition coefficient (Wildman–Crippen LogP) is 3.66. The lowest BCUT2D eigenvalue weighted by Gasteiger charge is -2.13. The van der Waals surface area contributed by atoms with Gasteiger partial charge in [0.25, 0.3) is 0 Å². The van der Waals surface area contributed by atoms with Crippen LogP contribution < -0.4 is 11.1 Å². The Balaban J connectivity index is 2.13. The molecular formula is C15H15ClN2O. The summed E-state index contributed by atoms with van der Waals surface area (Å²) in [5, 5.41) is 3.25. The van der Waals surface area contributed by atoms with Crippen LogP contribution in [-0.2, 0) is 4.79 Å². The van der Waals surface area contributed by atoms with Gasteiger partial charge in [0.2, 0.25) is 5.91 Å². The van der Waals surface area contributed by atoms with E-state index in [-0.39, 0.29) is 11.8 Å². The van der Waals surface area contributed by atoms with E-state index < -0.39 is 0 Å². The summed E-state index contributed by atoms with van der Waals surface area (Å²) in [5.74, 6) is -0.340. The van der Waals surface area contributed by atoms with E-state index in [2.05, 4.69) is 5.32 Å². The number of hydrogen-bond donors (Lipinski definition) is 2. The average molecular weight is 275 g/mol. The Labute approximate surface area is 117 Å². The highest BCUT2D eigenvalue weighted by Gasteiger charge is 2.15. The van der Waals surface area contributed by atoms with Crippen LogP contribution in [0.4, 0.5) is 11.4 Å². The van der Waals surface area contributed by atoms with E-state index in [9.17, 15) is 4.79 Å². The molecule has 98 valence electrons. The molecule has 0 spiro atoms. The Bertz CT molecular complexity index is 584. The number of halogens is 1. The zero-order valence-corrected chi connectivity index (χ0v) is 11.3. The first kappa shape index (κ1) is 13.4. The minimum atomic E-state index is -0.241. The van der Waals surface area contributed by atoms with Gasteiger partial charge < -0.3 is 11.1 Å². The van der Waals surface area contributed by atoms with Crippen LogP contribution in [0.25, 0.3) is 0 Å². The number of hydrogen-bond acceptors (Lipinski definition) is 2. The Morgan fingerprint density at radius 3 is 2.53 bits per heavy atom. The van der Waals surface area contributed by atoms with E-state index in [1.54, 1.807) is 18.2 Å². The Morgan fingerprint density at radius 1 is 1.21 bits per heavy atom. The molecule has 3 N–H and O–H groups in total.